The maximum atomic E-state index is 12.6. The van der Waals surface area contributed by atoms with E-state index in [0.717, 1.165) is 55.8 Å². The molecular weight excluding hydrogens is 238 g/mol. The molecule has 0 saturated carbocycles. The van der Waals surface area contributed by atoms with Crippen molar-refractivity contribution >= 4 is 17.3 Å². The Morgan fingerprint density at radius 2 is 2.11 bits per heavy atom. The molecule has 2 heterocycles. The number of nitrogens with zero attached hydrogens (tertiary/aromatic N) is 1. The molecule has 0 aromatic heterocycles. The lowest BCUT2D eigenvalue weighted by atomic mass is 10.1. The quantitative estimate of drug-likeness (QED) is 0.858. The van der Waals surface area contributed by atoms with Crippen LogP contribution >= 0.6 is 0 Å². The number of hydrogen-bond donors (Lipinski definition) is 2. The Morgan fingerprint density at radius 3 is 2.89 bits per heavy atom. The molecule has 2 aliphatic heterocycles. The minimum atomic E-state index is 0.180. The lowest BCUT2D eigenvalue weighted by Gasteiger charge is -2.25. The van der Waals surface area contributed by atoms with Gasteiger partial charge in [0.15, 0.2) is 0 Å². The highest BCUT2D eigenvalue weighted by atomic mass is 16.2. The second-order valence-electron chi connectivity index (χ2n) is 5.32. The molecule has 1 amide bonds. The first-order chi connectivity index (χ1) is 9.29. The fourth-order valence-corrected chi connectivity index (χ4v) is 3.07. The van der Waals surface area contributed by atoms with Gasteiger partial charge in [0, 0.05) is 31.2 Å². The monoisotopic (exact) mass is 259 g/mol. The number of nitrogens with one attached hydrogen (secondary N) is 2. The first-order valence-corrected chi connectivity index (χ1v) is 7.22. The average Bonchev–Trinajstić information content (AvgIpc) is 2.94. The highest BCUT2D eigenvalue weighted by molar-refractivity contribution is 5.96. The zero-order chi connectivity index (χ0) is 13.2. The van der Waals surface area contributed by atoms with Gasteiger partial charge in [-0.25, -0.2) is 0 Å². The predicted molar refractivity (Wildman–Crippen MR) is 77.8 cm³/mol. The Morgan fingerprint density at radius 1 is 1.32 bits per heavy atom. The van der Waals surface area contributed by atoms with E-state index in [-0.39, 0.29) is 5.91 Å². The van der Waals surface area contributed by atoms with Crippen molar-refractivity contribution in [2.45, 2.75) is 32.2 Å². The third-order valence-corrected chi connectivity index (χ3v) is 4.13. The second kappa shape index (κ2) is 5.11. The summed E-state index contributed by atoms with van der Waals surface area (Å²) < 4.78 is 0. The van der Waals surface area contributed by atoms with Crippen LogP contribution in [0.5, 0.6) is 0 Å². The number of hydrogen-bond acceptors (Lipinski definition) is 3. The lowest BCUT2D eigenvalue weighted by Crippen LogP contribution is -2.35. The number of fused-ring (bicyclic) bond motifs is 1. The topological polar surface area (TPSA) is 44.4 Å². The predicted octanol–water partition coefficient (Wildman–Crippen LogP) is 2.54. The normalized spacial score (nSPS) is 21.5. The van der Waals surface area contributed by atoms with Gasteiger partial charge >= 0.3 is 0 Å². The molecule has 1 aromatic rings. The van der Waals surface area contributed by atoms with E-state index in [0.29, 0.717) is 6.04 Å². The van der Waals surface area contributed by atoms with E-state index < -0.39 is 0 Å². The SMILES string of the molecule is CCC1CCCN1C(=O)c1ccc2c(c1)NCCN2. The summed E-state index contributed by atoms with van der Waals surface area (Å²) in [6.07, 6.45) is 3.33. The maximum absolute atomic E-state index is 12.6. The van der Waals surface area contributed by atoms with Crippen LogP contribution in [-0.2, 0) is 0 Å². The maximum Gasteiger partial charge on any atom is 0.254 e. The van der Waals surface area contributed by atoms with Crippen LogP contribution in [0.1, 0.15) is 36.5 Å². The van der Waals surface area contributed by atoms with Gasteiger partial charge in [0.25, 0.3) is 5.91 Å². The van der Waals surface area contributed by atoms with Crippen LogP contribution in [0.3, 0.4) is 0 Å². The summed E-state index contributed by atoms with van der Waals surface area (Å²) >= 11 is 0. The molecule has 1 fully saturated rings. The Hall–Kier alpha value is -1.71. The van der Waals surface area contributed by atoms with Gasteiger partial charge in [-0.15, -0.1) is 0 Å². The van der Waals surface area contributed by atoms with Crippen molar-refractivity contribution in [3.8, 4) is 0 Å². The molecule has 1 saturated heterocycles. The Balaban J connectivity index is 1.83. The van der Waals surface area contributed by atoms with Crippen LogP contribution in [0.2, 0.25) is 0 Å². The Kier molecular flexibility index (Phi) is 3.32. The van der Waals surface area contributed by atoms with Crippen molar-refractivity contribution in [3.05, 3.63) is 23.8 Å². The fraction of sp³-hybridized carbons (Fsp3) is 0.533. The highest BCUT2D eigenvalue weighted by Crippen LogP contribution is 2.28. The van der Waals surface area contributed by atoms with E-state index >= 15 is 0 Å². The molecule has 1 atom stereocenters. The molecule has 1 unspecified atom stereocenters. The smallest absolute Gasteiger partial charge is 0.254 e. The summed E-state index contributed by atoms with van der Waals surface area (Å²) in [4.78, 5) is 14.6. The molecule has 0 spiro atoms. The summed E-state index contributed by atoms with van der Waals surface area (Å²) in [5.41, 5.74) is 2.94. The fourth-order valence-electron chi connectivity index (χ4n) is 3.07. The number of carbonyl (C=O) groups is 1. The molecule has 0 aliphatic carbocycles. The zero-order valence-electron chi connectivity index (χ0n) is 11.4. The average molecular weight is 259 g/mol. The third kappa shape index (κ3) is 2.27. The van der Waals surface area contributed by atoms with Crippen LogP contribution in [0.25, 0.3) is 0 Å². The summed E-state index contributed by atoms with van der Waals surface area (Å²) in [6, 6.07) is 6.35. The number of anilines is 2. The first-order valence-electron chi connectivity index (χ1n) is 7.22. The Labute approximate surface area is 114 Å². The van der Waals surface area contributed by atoms with E-state index in [2.05, 4.69) is 17.6 Å². The summed E-state index contributed by atoms with van der Waals surface area (Å²) in [6.45, 7) is 4.91. The molecule has 4 heteroatoms. The number of benzene rings is 1. The highest BCUT2D eigenvalue weighted by Gasteiger charge is 2.28. The second-order valence-corrected chi connectivity index (χ2v) is 5.32. The standard InChI is InChI=1S/C15H21N3O/c1-2-12-4-3-9-18(12)15(19)11-5-6-13-14(10-11)17-8-7-16-13/h5-6,10,12,16-17H,2-4,7-9H2,1H3. The minimum Gasteiger partial charge on any atom is -0.382 e. The molecule has 0 bridgehead atoms. The minimum absolute atomic E-state index is 0.180. The van der Waals surface area contributed by atoms with Gasteiger partial charge in [0.1, 0.15) is 0 Å². The first kappa shape index (κ1) is 12.3. The van der Waals surface area contributed by atoms with Gasteiger partial charge in [-0.05, 0) is 37.5 Å². The van der Waals surface area contributed by atoms with Gasteiger partial charge in [0.2, 0.25) is 0 Å². The van der Waals surface area contributed by atoms with Crippen molar-refractivity contribution in [2.24, 2.45) is 0 Å². The van der Waals surface area contributed by atoms with Crippen LogP contribution in [0.15, 0.2) is 18.2 Å². The molecule has 0 radical (unpaired) electrons. The van der Waals surface area contributed by atoms with E-state index in [1.807, 2.05) is 23.1 Å². The van der Waals surface area contributed by atoms with Gasteiger partial charge in [-0.2, -0.15) is 0 Å². The van der Waals surface area contributed by atoms with Crippen molar-refractivity contribution < 1.29 is 4.79 Å². The summed E-state index contributed by atoms with van der Waals surface area (Å²) in [5.74, 6) is 0.180. The molecule has 2 N–H and O–H groups in total. The molecule has 2 aliphatic rings. The van der Waals surface area contributed by atoms with E-state index in [9.17, 15) is 4.79 Å². The van der Waals surface area contributed by atoms with Gasteiger partial charge < -0.3 is 15.5 Å². The van der Waals surface area contributed by atoms with Crippen molar-refractivity contribution in [2.75, 3.05) is 30.3 Å². The largest absolute Gasteiger partial charge is 0.382 e. The summed E-state index contributed by atoms with van der Waals surface area (Å²) in [5, 5.41) is 6.67. The van der Waals surface area contributed by atoms with Crippen LogP contribution < -0.4 is 10.6 Å². The lowest BCUT2D eigenvalue weighted by molar-refractivity contribution is 0.0734. The van der Waals surface area contributed by atoms with Crippen molar-refractivity contribution in [1.82, 2.24) is 4.90 Å². The van der Waals surface area contributed by atoms with E-state index in [1.165, 1.54) is 0 Å². The zero-order valence-corrected chi connectivity index (χ0v) is 11.4. The Bertz CT molecular complexity index is 486. The third-order valence-electron chi connectivity index (χ3n) is 4.13. The van der Waals surface area contributed by atoms with Crippen LogP contribution in [0, 0.1) is 0 Å². The van der Waals surface area contributed by atoms with Gasteiger partial charge in [-0.1, -0.05) is 6.92 Å². The van der Waals surface area contributed by atoms with Crippen molar-refractivity contribution in [3.63, 3.8) is 0 Å². The van der Waals surface area contributed by atoms with Crippen LogP contribution in [0.4, 0.5) is 11.4 Å². The summed E-state index contributed by atoms with van der Waals surface area (Å²) in [7, 11) is 0. The van der Waals surface area contributed by atoms with E-state index in [1.54, 1.807) is 0 Å². The number of amides is 1. The van der Waals surface area contributed by atoms with Gasteiger partial charge in [0.05, 0.1) is 11.4 Å². The molecule has 3 rings (SSSR count). The molecule has 102 valence electrons. The van der Waals surface area contributed by atoms with Crippen LogP contribution in [-0.4, -0.2) is 36.5 Å². The van der Waals surface area contributed by atoms with E-state index in [4.69, 9.17) is 0 Å². The molecule has 4 nitrogen and oxygen atoms in total. The molecular formula is C15H21N3O. The number of likely N-dealkylation sites (tertiary alicyclic amines) is 1. The number of carbonyl (C=O) groups excluding carboxylic acids is 1. The number of rotatable bonds is 2. The molecule has 19 heavy (non-hydrogen) atoms. The van der Waals surface area contributed by atoms with Crippen molar-refractivity contribution in [1.29, 1.82) is 0 Å². The van der Waals surface area contributed by atoms with Gasteiger partial charge in [-0.3, -0.25) is 4.79 Å². The molecule has 1 aromatic carbocycles.